The molecule has 1 aromatic carbocycles. The molecule has 1 heterocycles. The Kier molecular flexibility index (Phi) is 4.69. The van der Waals surface area contributed by atoms with Gasteiger partial charge < -0.3 is 15.4 Å². The molecular weight excluding hydrogens is 308 g/mol. The zero-order valence-corrected chi connectivity index (χ0v) is 13.9. The lowest BCUT2D eigenvalue weighted by atomic mass is 10.3. The summed E-state index contributed by atoms with van der Waals surface area (Å²) in [6, 6.07) is 5.31. The van der Waals surface area contributed by atoms with Gasteiger partial charge in [0, 0.05) is 12.1 Å². The Hall–Kier alpha value is -1.79. The number of thiocarbonyl (C=S) groups is 1. The van der Waals surface area contributed by atoms with E-state index < -0.39 is 0 Å². The number of hydrogen-bond donors (Lipinski definition) is 2. The summed E-state index contributed by atoms with van der Waals surface area (Å²) < 4.78 is 7.08. The highest BCUT2D eigenvalue weighted by molar-refractivity contribution is 7.80. The lowest BCUT2D eigenvalue weighted by Gasteiger charge is -2.14. The maximum Gasteiger partial charge on any atom is 0.175 e. The van der Waals surface area contributed by atoms with Crippen molar-refractivity contribution in [2.24, 2.45) is 7.05 Å². The van der Waals surface area contributed by atoms with Crippen LogP contribution in [0.3, 0.4) is 0 Å². The Bertz CT molecular complexity index is 684. The Morgan fingerprint density at radius 1 is 1.33 bits per heavy atom. The van der Waals surface area contributed by atoms with E-state index in [0.29, 0.717) is 21.6 Å². The van der Waals surface area contributed by atoms with Gasteiger partial charge in [-0.25, -0.2) is 0 Å². The van der Waals surface area contributed by atoms with Crippen LogP contribution in [0.4, 0.5) is 11.4 Å². The van der Waals surface area contributed by atoms with Crippen molar-refractivity contribution in [3.63, 3.8) is 0 Å². The first-order chi connectivity index (χ1) is 9.92. The van der Waals surface area contributed by atoms with E-state index in [4.69, 9.17) is 28.6 Å². The summed E-state index contributed by atoms with van der Waals surface area (Å²) >= 11 is 11.3. The number of ether oxygens (including phenoxy) is 1. The molecule has 1 aromatic heterocycles. The van der Waals surface area contributed by atoms with E-state index in [9.17, 15) is 0 Å². The van der Waals surface area contributed by atoms with Gasteiger partial charge in [-0.15, -0.1) is 0 Å². The summed E-state index contributed by atoms with van der Waals surface area (Å²) in [5, 5.41) is 11.6. The highest BCUT2D eigenvalue weighted by atomic mass is 35.5. The van der Waals surface area contributed by atoms with Crippen molar-refractivity contribution in [2.75, 3.05) is 17.7 Å². The van der Waals surface area contributed by atoms with Crippen LogP contribution in [0.25, 0.3) is 0 Å². The third-order valence-corrected chi connectivity index (χ3v) is 3.60. The first-order valence-electron chi connectivity index (χ1n) is 6.34. The number of methoxy groups -OCH3 is 1. The summed E-state index contributed by atoms with van der Waals surface area (Å²) in [7, 11) is 3.49. The van der Waals surface area contributed by atoms with E-state index in [1.165, 1.54) is 0 Å². The van der Waals surface area contributed by atoms with Gasteiger partial charge in [0.05, 0.1) is 29.9 Å². The molecule has 0 spiro atoms. The zero-order valence-electron chi connectivity index (χ0n) is 12.3. The number of rotatable bonds is 3. The summed E-state index contributed by atoms with van der Waals surface area (Å²) in [6.07, 6.45) is 0. The standard InChI is InChI=1S/C14H17ClN4OS/c1-8-13(9(2)19(3)18-8)17-14(21)16-11-7-10(15)5-6-12(11)20-4/h5-7H,1-4H3,(H2,16,17,21). The van der Waals surface area contributed by atoms with Crippen molar-refractivity contribution in [3.05, 3.63) is 34.6 Å². The summed E-state index contributed by atoms with van der Waals surface area (Å²) in [6.45, 7) is 3.91. The van der Waals surface area contributed by atoms with Crippen LogP contribution < -0.4 is 15.4 Å². The molecule has 112 valence electrons. The molecular formula is C14H17ClN4OS. The number of aromatic nitrogens is 2. The van der Waals surface area contributed by atoms with Crippen LogP contribution in [0.2, 0.25) is 5.02 Å². The second-order valence-corrected chi connectivity index (χ2v) is 5.44. The van der Waals surface area contributed by atoms with Crippen molar-refractivity contribution in [1.29, 1.82) is 0 Å². The fraction of sp³-hybridized carbons (Fsp3) is 0.286. The highest BCUT2D eigenvalue weighted by Crippen LogP contribution is 2.28. The minimum atomic E-state index is 0.453. The molecule has 2 N–H and O–H groups in total. The van der Waals surface area contributed by atoms with E-state index >= 15 is 0 Å². The van der Waals surface area contributed by atoms with Crippen LogP contribution in [0.1, 0.15) is 11.4 Å². The van der Waals surface area contributed by atoms with Crippen LogP contribution in [-0.2, 0) is 7.05 Å². The third-order valence-electron chi connectivity index (χ3n) is 3.16. The molecule has 0 fully saturated rings. The maximum atomic E-state index is 6.00. The number of halogens is 1. The average molecular weight is 325 g/mol. The second kappa shape index (κ2) is 6.32. The largest absolute Gasteiger partial charge is 0.495 e. The van der Waals surface area contributed by atoms with E-state index in [1.54, 1.807) is 30.0 Å². The number of nitrogens with zero attached hydrogens (tertiary/aromatic N) is 2. The van der Waals surface area contributed by atoms with Crippen molar-refractivity contribution in [2.45, 2.75) is 13.8 Å². The normalized spacial score (nSPS) is 10.3. The zero-order chi connectivity index (χ0) is 15.6. The third kappa shape index (κ3) is 3.46. The molecule has 21 heavy (non-hydrogen) atoms. The van der Waals surface area contributed by atoms with Gasteiger partial charge in [-0.1, -0.05) is 11.6 Å². The van der Waals surface area contributed by atoms with E-state index in [0.717, 1.165) is 17.1 Å². The van der Waals surface area contributed by atoms with Gasteiger partial charge in [0.15, 0.2) is 5.11 Å². The molecule has 0 saturated heterocycles. The van der Waals surface area contributed by atoms with Crippen LogP contribution in [-0.4, -0.2) is 22.0 Å². The number of nitrogens with one attached hydrogen (secondary N) is 2. The molecule has 0 aliphatic rings. The number of anilines is 2. The van der Waals surface area contributed by atoms with E-state index in [2.05, 4.69) is 15.7 Å². The molecule has 0 bridgehead atoms. The molecule has 0 amide bonds. The topological polar surface area (TPSA) is 51.1 Å². The quantitative estimate of drug-likeness (QED) is 0.846. The van der Waals surface area contributed by atoms with Crippen LogP contribution in [0.5, 0.6) is 5.75 Å². The maximum absolute atomic E-state index is 6.00. The molecule has 2 rings (SSSR count). The molecule has 0 unspecified atom stereocenters. The first kappa shape index (κ1) is 15.6. The Labute approximate surface area is 134 Å². The minimum Gasteiger partial charge on any atom is -0.495 e. The fourth-order valence-electron chi connectivity index (χ4n) is 2.00. The lowest BCUT2D eigenvalue weighted by molar-refractivity contribution is 0.417. The van der Waals surface area contributed by atoms with Gasteiger partial charge >= 0.3 is 0 Å². The van der Waals surface area contributed by atoms with Gasteiger partial charge in [-0.3, -0.25) is 4.68 Å². The molecule has 7 heteroatoms. The molecule has 0 atom stereocenters. The second-order valence-electron chi connectivity index (χ2n) is 4.59. The number of aryl methyl sites for hydroxylation is 2. The molecule has 0 saturated carbocycles. The summed E-state index contributed by atoms with van der Waals surface area (Å²) in [5.74, 6) is 0.670. The van der Waals surface area contributed by atoms with E-state index in [-0.39, 0.29) is 0 Å². The highest BCUT2D eigenvalue weighted by Gasteiger charge is 2.12. The molecule has 2 aromatic rings. The monoisotopic (exact) mass is 324 g/mol. The van der Waals surface area contributed by atoms with Crippen molar-refractivity contribution in [1.82, 2.24) is 9.78 Å². The number of hydrogen-bond acceptors (Lipinski definition) is 3. The summed E-state index contributed by atoms with van der Waals surface area (Å²) in [5.41, 5.74) is 3.50. The van der Waals surface area contributed by atoms with Gasteiger partial charge in [0.2, 0.25) is 0 Å². The van der Waals surface area contributed by atoms with Crippen LogP contribution in [0.15, 0.2) is 18.2 Å². The SMILES string of the molecule is COc1ccc(Cl)cc1NC(=S)Nc1c(C)nn(C)c1C. The molecule has 0 aliphatic heterocycles. The molecule has 0 aliphatic carbocycles. The van der Waals surface area contributed by atoms with E-state index in [1.807, 2.05) is 20.9 Å². The van der Waals surface area contributed by atoms with Gasteiger partial charge in [-0.2, -0.15) is 5.10 Å². The fourth-order valence-corrected chi connectivity index (χ4v) is 2.38. The van der Waals surface area contributed by atoms with Gasteiger partial charge in [0.25, 0.3) is 0 Å². The van der Waals surface area contributed by atoms with Crippen molar-refractivity contribution in [3.8, 4) is 5.75 Å². The Morgan fingerprint density at radius 3 is 2.62 bits per heavy atom. The minimum absolute atomic E-state index is 0.453. The number of benzene rings is 1. The predicted octanol–water partition coefficient (Wildman–Crippen LogP) is 3.51. The van der Waals surface area contributed by atoms with Crippen molar-refractivity contribution >= 4 is 40.3 Å². The Balaban J connectivity index is 2.17. The van der Waals surface area contributed by atoms with Gasteiger partial charge in [-0.05, 0) is 44.3 Å². The predicted molar refractivity (Wildman–Crippen MR) is 90.5 cm³/mol. The lowest BCUT2D eigenvalue weighted by Crippen LogP contribution is -2.20. The van der Waals surface area contributed by atoms with Gasteiger partial charge in [0.1, 0.15) is 5.75 Å². The molecule has 0 radical (unpaired) electrons. The molecule has 5 nitrogen and oxygen atoms in total. The smallest absolute Gasteiger partial charge is 0.175 e. The first-order valence-corrected chi connectivity index (χ1v) is 7.12. The Morgan fingerprint density at radius 2 is 2.05 bits per heavy atom. The average Bonchev–Trinajstić information content (AvgIpc) is 2.66. The van der Waals surface area contributed by atoms with Crippen LogP contribution >= 0.6 is 23.8 Å². The summed E-state index contributed by atoms with van der Waals surface area (Å²) in [4.78, 5) is 0. The van der Waals surface area contributed by atoms with Crippen LogP contribution in [0, 0.1) is 13.8 Å². The van der Waals surface area contributed by atoms with Crippen molar-refractivity contribution < 1.29 is 4.74 Å².